The Morgan fingerprint density at radius 3 is 2.47 bits per heavy atom. The highest BCUT2D eigenvalue weighted by Crippen LogP contribution is 2.44. The summed E-state index contributed by atoms with van der Waals surface area (Å²) in [7, 11) is 3.42. The van der Waals surface area contributed by atoms with E-state index in [0.29, 0.717) is 13.0 Å². The lowest BCUT2D eigenvalue weighted by atomic mass is 9.93. The maximum atomic E-state index is 12.5. The number of nitrogens with zero attached hydrogens (tertiary/aromatic N) is 1. The molecule has 5 heteroatoms. The van der Waals surface area contributed by atoms with E-state index in [1.165, 1.54) is 16.7 Å². The van der Waals surface area contributed by atoms with Crippen molar-refractivity contribution in [1.82, 2.24) is 4.90 Å². The smallest absolute Gasteiger partial charge is 0.409 e. The highest BCUT2D eigenvalue weighted by Gasteiger charge is 2.30. The van der Waals surface area contributed by atoms with Gasteiger partial charge in [0.15, 0.2) is 0 Å². The Morgan fingerprint density at radius 1 is 1.06 bits per heavy atom. The minimum atomic E-state index is -0.360. The molecule has 5 nitrogen and oxygen atoms in total. The van der Waals surface area contributed by atoms with E-state index in [0.717, 1.165) is 28.2 Å². The van der Waals surface area contributed by atoms with Gasteiger partial charge in [-0.2, -0.15) is 0 Å². The molecule has 1 unspecified atom stereocenters. The van der Waals surface area contributed by atoms with E-state index in [1.54, 1.807) is 19.1 Å². The number of rotatable bonds is 6. The molecule has 0 spiro atoms. The third-order valence-corrected chi connectivity index (χ3v) is 5.85. The van der Waals surface area contributed by atoms with Crippen LogP contribution in [0, 0.1) is 13.8 Å². The third kappa shape index (κ3) is 4.57. The number of hydrogen-bond acceptors (Lipinski definition) is 4. The molecule has 3 aromatic carbocycles. The van der Waals surface area contributed by atoms with Crippen molar-refractivity contribution in [2.24, 2.45) is 0 Å². The topological polar surface area (TPSA) is 48.0 Å². The first-order chi connectivity index (χ1) is 15.5. The molecule has 166 valence electrons. The summed E-state index contributed by atoms with van der Waals surface area (Å²) in [6.07, 6.45) is 0.205. The fraction of sp³-hybridized carbons (Fsp3) is 0.296. The Balaban J connectivity index is 1.49. The van der Waals surface area contributed by atoms with Crippen molar-refractivity contribution in [1.29, 1.82) is 0 Å². The van der Waals surface area contributed by atoms with E-state index in [1.807, 2.05) is 42.5 Å². The number of aryl methyl sites for hydroxylation is 2. The maximum Gasteiger partial charge on any atom is 0.409 e. The van der Waals surface area contributed by atoms with E-state index in [2.05, 4.69) is 32.0 Å². The highest BCUT2D eigenvalue weighted by molar-refractivity contribution is 5.79. The van der Waals surface area contributed by atoms with Crippen molar-refractivity contribution < 1.29 is 19.0 Å². The number of carbonyl (C=O) groups excluding carboxylic acids is 1. The summed E-state index contributed by atoms with van der Waals surface area (Å²) in [6, 6.07) is 20.0. The number of carbonyl (C=O) groups is 1. The van der Waals surface area contributed by atoms with Crippen LogP contribution in [0.2, 0.25) is 0 Å². The van der Waals surface area contributed by atoms with Crippen LogP contribution in [0.15, 0.2) is 60.7 Å². The van der Waals surface area contributed by atoms with E-state index >= 15 is 0 Å². The largest absolute Gasteiger partial charge is 0.497 e. The first kappa shape index (κ1) is 21.8. The molecule has 4 rings (SSSR count). The molecule has 0 saturated carbocycles. The molecule has 0 saturated heterocycles. The van der Waals surface area contributed by atoms with Crippen molar-refractivity contribution in [3.05, 3.63) is 82.9 Å². The van der Waals surface area contributed by atoms with Crippen LogP contribution in [0.3, 0.4) is 0 Å². The first-order valence-corrected chi connectivity index (χ1v) is 10.8. The summed E-state index contributed by atoms with van der Waals surface area (Å²) in [5, 5.41) is 0. The summed E-state index contributed by atoms with van der Waals surface area (Å²) >= 11 is 0. The molecule has 32 heavy (non-hydrogen) atoms. The van der Waals surface area contributed by atoms with E-state index in [-0.39, 0.29) is 18.8 Å². The highest BCUT2D eigenvalue weighted by atomic mass is 16.6. The van der Waals surface area contributed by atoms with Gasteiger partial charge in [-0.25, -0.2) is 4.79 Å². The summed E-state index contributed by atoms with van der Waals surface area (Å²) in [5.74, 6) is 1.68. The van der Waals surface area contributed by atoms with Gasteiger partial charge in [-0.3, -0.25) is 0 Å². The lowest BCUT2D eigenvalue weighted by Gasteiger charge is -2.21. The molecule has 0 bridgehead atoms. The van der Waals surface area contributed by atoms with Gasteiger partial charge in [0, 0.05) is 24.6 Å². The lowest BCUT2D eigenvalue weighted by Crippen LogP contribution is -2.36. The van der Waals surface area contributed by atoms with Gasteiger partial charge in [-0.05, 0) is 48.2 Å². The van der Waals surface area contributed by atoms with Gasteiger partial charge >= 0.3 is 6.09 Å². The molecule has 0 fully saturated rings. The molecule has 1 aliphatic rings. The number of ether oxygens (including phenoxy) is 3. The predicted molar refractivity (Wildman–Crippen MR) is 125 cm³/mol. The minimum absolute atomic E-state index is 0.144. The van der Waals surface area contributed by atoms with Gasteiger partial charge in [0.25, 0.3) is 0 Å². The quantitative estimate of drug-likeness (QED) is 0.513. The average Bonchev–Trinajstić information content (AvgIpc) is 3.20. The monoisotopic (exact) mass is 431 g/mol. The minimum Gasteiger partial charge on any atom is -0.497 e. The molecule has 0 aromatic heterocycles. The average molecular weight is 432 g/mol. The van der Waals surface area contributed by atoms with Crippen LogP contribution in [-0.4, -0.2) is 37.8 Å². The van der Waals surface area contributed by atoms with Crippen LogP contribution in [0.25, 0.3) is 11.1 Å². The molecule has 0 N–H and O–H groups in total. The van der Waals surface area contributed by atoms with Crippen molar-refractivity contribution in [3.8, 4) is 22.6 Å². The number of hydrogen-bond donors (Lipinski definition) is 0. The molecular weight excluding hydrogens is 402 g/mol. The number of amides is 1. The first-order valence-electron chi connectivity index (χ1n) is 10.8. The van der Waals surface area contributed by atoms with Crippen LogP contribution >= 0.6 is 0 Å². The Kier molecular flexibility index (Phi) is 6.35. The van der Waals surface area contributed by atoms with Crippen molar-refractivity contribution in [2.45, 2.75) is 33.0 Å². The number of benzene rings is 3. The molecule has 1 amide bonds. The molecule has 1 aliphatic heterocycles. The maximum absolute atomic E-state index is 12.5. The molecule has 1 atom stereocenters. The van der Waals surface area contributed by atoms with Crippen LogP contribution in [-0.2, 0) is 17.8 Å². The number of likely N-dealkylation sites (N-methyl/N-ethyl adjacent to an activating group) is 1. The van der Waals surface area contributed by atoms with Gasteiger partial charge in [0.2, 0.25) is 0 Å². The Hall–Kier alpha value is -3.47. The summed E-state index contributed by atoms with van der Waals surface area (Å²) < 4.78 is 17.4. The van der Waals surface area contributed by atoms with Crippen LogP contribution in [0.1, 0.15) is 22.3 Å². The van der Waals surface area contributed by atoms with Crippen molar-refractivity contribution >= 4 is 6.09 Å². The van der Waals surface area contributed by atoms with Crippen molar-refractivity contribution in [2.75, 3.05) is 20.7 Å². The molecule has 0 aliphatic carbocycles. The molecule has 0 radical (unpaired) electrons. The summed E-state index contributed by atoms with van der Waals surface area (Å²) in [6.45, 7) is 4.91. The van der Waals surface area contributed by atoms with E-state index in [4.69, 9.17) is 14.2 Å². The Labute approximate surface area is 189 Å². The van der Waals surface area contributed by atoms with E-state index in [9.17, 15) is 4.79 Å². The van der Waals surface area contributed by atoms with Gasteiger partial charge < -0.3 is 19.1 Å². The zero-order valence-electron chi connectivity index (χ0n) is 19.1. The molecule has 1 heterocycles. The van der Waals surface area contributed by atoms with Crippen LogP contribution < -0.4 is 9.47 Å². The summed E-state index contributed by atoms with van der Waals surface area (Å²) in [5.41, 5.74) is 6.64. The second kappa shape index (κ2) is 9.35. The number of methoxy groups -OCH3 is 1. The van der Waals surface area contributed by atoms with Crippen LogP contribution in [0.4, 0.5) is 4.79 Å². The SMILES string of the molecule is COc1cc2c(c(-c3c(C)cccc3C)c1)OC(CN(C)C(=O)OCc1ccccc1)C2. The van der Waals surface area contributed by atoms with Gasteiger partial charge in [-0.1, -0.05) is 48.5 Å². The fourth-order valence-corrected chi connectivity index (χ4v) is 4.26. The predicted octanol–water partition coefficient (Wildman–Crippen LogP) is 5.55. The summed E-state index contributed by atoms with van der Waals surface area (Å²) in [4.78, 5) is 14.1. The van der Waals surface area contributed by atoms with Gasteiger partial charge in [0.05, 0.1) is 13.7 Å². The van der Waals surface area contributed by atoms with Crippen LogP contribution in [0.5, 0.6) is 11.5 Å². The second-order valence-electron chi connectivity index (χ2n) is 8.29. The van der Waals surface area contributed by atoms with Gasteiger partial charge in [0.1, 0.15) is 24.2 Å². The Bertz CT molecular complexity index is 1090. The van der Waals surface area contributed by atoms with Crippen molar-refractivity contribution in [3.63, 3.8) is 0 Å². The Morgan fingerprint density at radius 2 is 1.78 bits per heavy atom. The molecular formula is C27H29NO4. The number of fused-ring (bicyclic) bond motifs is 1. The zero-order chi connectivity index (χ0) is 22.7. The standard InChI is InChI=1S/C27H29NO4/c1-18-9-8-10-19(2)25(18)24-15-22(30-4)13-21-14-23(32-26(21)24)16-28(3)27(29)31-17-20-11-6-5-7-12-20/h5-13,15,23H,14,16-17H2,1-4H3. The van der Waals surface area contributed by atoms with Gasteiger partial charge in [-0.15, -0.1) is 0 Å². The zero-order valence-corrected chi connectivity index (χ0v) is 19.1. The third-order valence-electron chi connectivity index (χ3n) is 5.85. The second-order valence-corrected chi connectivity index (χ2v) is 8.29. The van der Waals surface area contributed by atoms with E-state index < -0.39 is 0 Å². The fourth-order valence-electron chi connectivity index (χ4n) is 4.26. The molecule has 3 aromatic rings. The normalized spacial score (nSPS) is 14.4. The lowest BCUT2D eigenvalue weighted by molar-refractivity contribution is 0.0895.